The molecule has 1 aromatic heterocycles. The minimum atomic E-state index is -1.33. The van der Waals surface area contributed by atoms with E-state index in [1.807, 2.05) is 13.1 Å². The number of imidazole rings is 1. The molecule has 0 amide bonds. The molecule has 0 atom stereocenters. The van der Waals surface area contributed by atoms with E-state index in [-0.39, 0.29) is 11.3 Å². The molecule has 0 aliphatic carbocycles. The smallest absolute Gasteiger partial charge is 0.408 e. The lowest BCUT2D eigenvalue weighted by Gasteiger charge is -2.21. The first kappa shape index (κ1) is 15.3. The summed E-state index contributed by atoms with van der Waals surface area (Å²) in [5.41, 5.74) is 0.801. The van der Waals surface area contributed by atoms with Gasteiger partial charge in [0.15, 0.2) is 5.82 Å². The maximum Gasteiger partial charge on any atom is 0.442 e. The van der Waals surface area contributed by atoms with E-state index in [0.29, 0.717) is 24.3 Å². The number of ether oxygens (including phenoxy) is 1. The Balaban J connectivity index is 1.99. The van der Waals surface area contributed by atoms with Crippen molar-refractivity contribution in [2.45, 2.75) is 6.42 Å². The van der Waals surface area contributed by atoms with Crippen LogP contribution in [0.25, 0.3) is 16.6 Å². The van der Waals surface area contributed by atoms with Crippen molar-refractivity contribution in [2.24, 2.45) is 0 Å². The van der Waals surface area contributed by atoms with Gasteiger partial charge in [-0.25, -0.2) is 14.6 Å². The maximum atomic E-state index is 11.9. The van der Waals surface area contributed by atoms with Crippen molar-refractivity contribution in [3.63, 3.8) is 0 Å². The molecule has 0 saturated carbocycles. The number of carbonyl (C=O) groups excluding carboxylic acids is 2. The number of nitro groups is 1. The van der Waals surface area contributed by atoms with Crippen molar-refractivity contribution in [2.75, 3.05) is 20.1 Å². The van der Waals surface area contributed by atoms with Crippen LogP contribution in [0.2, 0.25) is 0 Å². The number of rotatable bonds is 2. The second-order valence-corrected chi connectivity index (χ2v) is 5.78. The van der Waals surface area contributed by atoms with Crippen molar-refractivity contribution in [3.8, 4) is 5.75 Å². The fourth-order valence-corrected chi connectivity index (χ4v) is 2.85. The number of carbonyl (C=O) groups is 2. The van der Waals surface area contributed by atoms with Crippen molar-refractivity contribution in [3.05, 3.63) is 34.1 Å². The number of likely N-dealkylation sites (N-methyl/N-ethyl adjacent to an activating group) is 1. The minimum absolute atomic E-state index is 0.102. The molecule has 4 bridgehead atoms. The Bertz CT molecular complexity index is 976. The summed E-state index contributed by atoms with van der Waals surface area (Å²) in [7, 11) is 1.97. The first-order chi connectivity index (χ1) is 12.0. The maximum absolute atomic E-state index is 11.9. The van der Waals surface area contributed by atoms with Gasteiger partial charge < -0.3 is 14.5 Å². The summed E-state index contributed by atoms with van der Waals surface area (Å²) in [6, 6.07) is 2.60. The first-order valence-corrected chi connectivity index (χ1v) is 7.48. The molecule has 2 aromatic rings. The number of nitrogens with zero attached hydrogens (tertiary/aromatic N) is 4. The van der Waals surface area contributed by atoms with Crippen LogP contribution in [0.4, 0.5) is 5.69 Å². The molecule has 10 heteroatoms. The van der Waals surface area contributed by atoms with Crippen molar-refractivity contribution in [1.82, 2.24) is 14.6 Å². The zero-order valence-corrected chi connectivity index (χ0v) is 13.1. The van der Waals surface area contributed by atoms with E-state index in [4.69, 9.17) is 9.57 Å². The Labute approximate surface area is 140 Å². The third-order valence-corrected chi connectivity index (χ3v) is 4.15. The highest BCUT2D eigenvalue weighted by molar-refractivity contribution is 6.31. The number of aromatic nitrogens is 2. The van der Waals surface area contributed by atoms with E-state index in [1.54, 1.807) is 0 Å². The van der Waals surface area contributed by atoms with Crippen LogP contribution in [0.15, 0.2) is 18.2 Å². The van der Waals surface area contributed by atoms with Gasteiger partial charge in [-0.15, -0.1) is 0 Å². The molecule has 128 valence electrons. The molecule has 0 unspecified atom stereocenters. The van der Waals surface area contributed by atoms with E-state index >= 15 is 0 Å². The molecule has 0 saturated heterocycles. The minimum Gasteiger partial charge on any atom is -0.408 e. The standard InChI is InChI=1S/C15H12N4O6/c1-17-6-4-8(5-7-17)13-16-11-9-2-3-10(19(22)23)12(11)24-14(20)15(21)25-18(9)13/h2-4H,5-7H2,1H3. The highest BCUT2D eigenvalue weighted by Crippen LogP contribution is 2.37. The molecule has 0 fully saturated rings. The van der Waals surface area contributed by atoms with E-state index in [2.05, 4.69) is 9.88 Å². The molecule has 0 spiro atoms. The highest BCUT2D eigenvalue weighted by atomic mass is 16.7. The Hall–Kier alpha value is -3.27. The molecular formula is C15H12N4O6. The van der Waals surface area contributed by atoms with E-state index in [0.717, 1.165) is 16.8 Å². The van der Waals surface area contributed by atoms with Gasteiger partial charge in [0.1, 0.15) is 11.0 Å². The van der Waals surface area contributed by atoms with Crippen molar-refractivity contribution in [1.29, 1.82) is 0 Å². The normalized spacial score (nSPS) is 17.7. The van der Waals surface area contributed by atoms with Crippen LogP contribution in [0, 0.1) is 10.1 Å². The van der Waals surface area contributed by atoms with Gasteiger partial charge in [0, 0.05) is 19.2 Å². The van der Waals surface area contributed by atoms with Crippen molar-refractivity contribution < 1.29 is 24.1 Å². The van der Waals surface area contributed by atoms with Crippen LogP contribution in [0.3, 0.4) is 0 Å². The largest absolute Gasteiger partial charge is 0.442 e. The van der Waals surface area contributed by atoms with E-state index in [9.17, 15) is 19.7 Å². The molecule has 2 aliphatic rings. The highest BCUT2D eigenvalue weighted by Gasteiger charge is 2.34. The first-order valence-electron chi connectivity index (χ1n) is 7.48. The molecule has 1 aromatic carbocycles. The third-order valence-electron chi connectivity index (χ3n) is 4.15. The molecule has 0 N–H and O–H groups in total. The summed E-state index contributed by atoms with van der Waals surface area (Å²) in [6.07, 6.45) is 2.59. The molecule has 25 heavy (non-hydrogen) atoms. The molecule has 4 rings (SSSR count). The second-order valence-electron chi connectivity index (χ2n) is 5.78. The van der Waals surface area contributed by atoms with Crippen LogP contribution >= 0.6 is 0 Å². The van der Waals surface area contributed by atoms with Crippen LogP contribution in [0.1, 0.15) is 12.2 Å². The van der Waals surface area contributed by atoms with Crippen LogP contribution in [-0.4, -0.2) is 51.6 Å². The summed E-state index contributed by atoms with van der Waals surface area (Å²) >= 11 is 0. The number of nitro benzene ring substituents is 1. The molecule has 3 heterocycles. The lowest BCUT2D eigenvalue weighted by atomic mass is 10.1. The average molecular weight is 344 g/mol. The van der Waals surface area contributed by atoms with Gasteiger partial charge in [0.2, 0.25) is 5.75 Å². The lowest BCUT2D eigenvalue weighted by molar-refractivity contribution is -0.385. The van der Waals surface area contributed by atoms with Crippen LogP contribution in [-0.2, 0) is 9.59 Å². The zero-order valence-electron chi connectivity index (χ0n) is 13.1. The number of esters is 1. The van der Waals surface area contributed by atoms with Gasteiger partial charge in [-0.2, -0.15) is 4.73 Å². The third kappa shape index (κ3) is 2.34. The van der Waals surface area contributed by atoms with Gasteiger partial charge in [0.05, 0.1) is 4.92 Å². The fourth-order valence-electron chi connectivity index (χ4n) is 2.85. The zero-order chi connectivity index (χ0) is 17.7. The summed E-state index contributed by atoms with van der Waals surface area (Å²) in [5.74, 6) is -2.62. The lowest BCUT2D eigenvalue weighted by Crippen LogP contribution is -2.33. The van der Waals surface area contributed by atoms with Crippen LogP contribution < -0.4 is 9.57 Å². The van der Waals surface area contributed by atoms with Gasteiger partial charge in [-0.05, 0) is 25.1 Å². The topological polar surface area (TPSA) is 117 Å². The molecule has 0 radical (unpaired) electrons. The SMILES string of the molecule is CN1CC=C(c2nc3c4c([N+](=O)[O-])ccc3n2OC(=O)C(=O)O4)CC1. The van der Waals surface area contributed by atoms with Gasteiger partial charge >= 0.3 is 17.6 Å². The van der Waals surface area contributed by atoms with Gasteiger partial charge in [0.25, 0.3) is 0 Å². The fraction of sp³-hybridized carbons (Fsp3) is 0.267. The quantitative estimate of drug-likeness (QED) is 0.255. The monoisotopic (exact) mass is 344 g/mol. The predicted octanol–water partition coefficient (Wildman–Crippen LogP) is 0.538. The Morgan fingerprint density at radius 1 is 1.28 bits per heavy atom. The summed E-state index contributed by atoms with van der Waals surface area (Å²) < 4.78 is 6.03. The van der Waals surface area contributed by atoms with Crippen LogP contribution in [0.5, 0.6) is 5.75 Å². The molecule has 10 nitrogen and oxygen atoms in total. The number of hydrogen-bond acceptors (Lipinski definition) is 8. The number of benzene rings is 1. The van der Waals surface area contributed by atoms with Gasteiger partial charge in [-0.3, -0.25) is 10.1 Å². The molecular weight excluding hydrogens is 332 g/mol. The summed E-state index contributed by atoms with van der Waals surface area (Å²) in [4.78, 5) is 45.8. The summed E-state index contributed by atoms with van der Waals surface area (Å²) in [6.45, 7) is 1.47. The van der Waals surface area contributed by atoms with Gasteiger partial charge in [-0.1, -0.05) is 6.08 Å². The predicted molar refractivity (Wildman–Crippen MR) is 83.7 cm³/mol. The Morgan fingerprint density at radius 3 is 2.76 bits per heavy atom. The van der Waals surface area contributed by atoms with Crippen molar-refractivity contribution >= 4 is 34.2 Å². The second kappa shape index (κ2) is 5.38. The number of hydrogen-bond donors (Lipinski definition) is 0. The Morgan fingerprint density at radius 2 is 2.08 bits per heavy atom. The van der Waals surface area contributed by atoms with E-state index < -0.39 is 22.5 Å². The molecule has 2 aliphatic heterocycles. The average Bonchev–Trinajstić information content (AvgIpc) is 2.95. The van der Waals surface area contributed by atoms with E-state index in [1.165, 1.54) is 12.1 Å². The Kier molecular flexibility index (Phi) is 3.29. The summed E-state index contributed by atoms with van der Waals surface area (Å²) in [5, 5.41) is 11.2.